The molecule has 15 heteroatoms. The van der Waals surface area contributed by atoms with E-state index in [-0.39, 0.29) is 54.1 Å². The van der Waals surface area contributed by atoms with Gasteiger partial charge in [-0.2, -0.15) is 5.26 Å². The predicted octanol–water partition coefficient (Wildman–Crippen LogP) is 3.65. The average Bonchev–Trinajstić information content (AvgIpc) is 3.67. The smallest absolute Gasteiger partial charge is 0.308 e. The van der Waals surface area contributed by atoms with E-state index in [2.05, 4.69) is 11.0 Å². The SMILES string of the molecule is COc1c(C)cc2c(c1O)[C@@H]1C3Cc4c(OC(C)=O)c(C)c5c(c4C(CN4C(=O)c6ccc([N+](=O)[O-])cc6C4=O)N3C(C#N)[C@H](C2)N1C)OCO5. The number of non-ortho nitro benzene ring substituents is 1. The van der Waals surface area contributed by atoms with Crippen LogP contribution in [0.15, 0.2) is 24.3 Å². The first kappa shape index (κ1) is 32.5. The van der Waals surface area contributed by atoms with Gasteiger partial charge >= 0.3 is 5.97 Å². The third-order valence-electron chi connectivity index (χ3n) is 11.0. The first-order valence-electron chi connectivity index (χ1n) is 16.4. The maximum absolute atomic E-state index is 14.0. The minimum absolute atomic E-state index is 0.00970. The lowest BCUT2D eigenvalue weighted by Gasteiger charge is -2.60. The topological polar surface area (TPSA) is 185 Å². The van der Waals surface area contributed by atoms with Crippen LogP contribution in [0.4, 0.5) is 5.69 Å². The van der Waals surface area contributed by atoms with Gasteiger partial charge in [0.25, 0.3) is 17.5 Å². The second kappa shape index (κ2) is 11.4. The molecule has 0 aliphatic carbocycles. The summed E-state index contributed by atoms with van der Waals surface area (Å²) < 4.78 is 23.4. The van der Waals surface area contributed by atoms with E-state index in [1.807, 2.05) is 24.9 Å². The number of carbonyl (C=O) groups is 3. The van der Waals surface area contributed by atoms with Crippen molar-refractivity contribution in [2.24, 2.45) is 0 Å². The Kier molecular flexibility index (Phi) is 7.26. The highest BCUT2D eigenvalue weighted by Crippen LogP contribution is 2.58. The molecule has 2 bridgehead atoms. The molecule has 5 aliphatic heterocycles. The van der Waals surface area contributed by atoms with Crippen molar-refractivity contribution in [1.82, 2.24) is 14.7 Å². The Morgan fingerprint density at radius 2 is 1.80 bits per heavy atom. The number of piperazine rings is 1. The van der Waals surface area contributed by atoms with Crippen LogP contribution in [0.2, 0.25) is 0 Å². The van der Waals surface area contributed by atoms with E-state index >= 15 is 0 Å². The molecule has 1 fully saturated rings. The van der Waals surface area contributed by atoms with E-state index < -0.39 is 46.9 Å². The van der Waals surface area contributed by atoms with Crippen LogP contribution in [-0.4, -0.2) is 88.1 Å². The number of amides is 2. The van der Waals surface area contributed by atoms with Crippen molar-refractivity contribution < 1.29 is 43.4 Å². The van der Waals surface area contributed by atoms with E-state index in [0.717, 1.165) is 22.1 Å². The number of hydrogen-bond acceptors (Lipinski definition) is 13. The normalized spacial score (nSPS) is 24.3. The van der Waals surface area contributed by atoms with Gasteiger partial charge < -0.3 is 24.1 Å². The summed E-state index contributed by atoms with van der Waals surface area (Å²) in [5.41, 5.74) is 3.50. The minimum Gasteiger partial charge on any atom is -0.504 e. The summed E-state index contributed by atoms with van der Waals surface area (Å²) in [4.78, 5) is 56.5. The highest BCUT2D eigenvalue weighted by molar-refractivity contribution is 6.21. The van der Waals surface area contributed by atoms with Crippen LogP contribution < -0.4 is 18.9 Å². The monoisotopic (exact) mass is 695 g/mol. The molecule has 2 amide bonds. The van der Waals surface area contributed by atoms with Gasteiger partial charge in [-0.05, 0) is 50.9 Å². The lowest BCUT2D eigenvalue weighted by atomic mass is 9.71. The standard InChI is InChI=1S/C36H33N5O10/c1-15-8-18-9-23-25(12-37)40-24(29(38(23)4)27(18)30(43)31(15)48-5)11-22-28(34-33(49-14-50-34)16(2)32(22)51-17(3)42)26(40)13-39-35(44)20-7-6-19(41(46)47)10-21(20)36(39)45/h6-8,10,23-26,29,43H,9,11,13-14H2,1-5H3/t23-,24?,25?,26?,29-/m0/s1. The molecule has 51 heavy (non-hydrogen) atoms. The molecule has 262 valence electrons. The van der Waals surface area contributed by atoms with Crippen LogP contribution in [0.3, 0.4) is 0 Å². The van der Waals surface area contributed by atoms with Gasteiger partial charge in [-0.3, -0.25) is 39.2 Å². The lowest BCUT2D eigenvalue weighted by molar-refractivity contribution is -0.384. The fourth-order valence-electron chi connectivity index (χ4n) is 9.02. The number of likely N-dealkylation sites (N-methyl/N-ethyl adjacent to an activating group) is 1. The van der Waals surface area contributed by atoms with E-state index in [0.29, 0.717) is 45.9 Å². The molecule has 1 N–H and O–H groups in total. The van der Waals surface area contributed by atoms with E-state index in [1.165, 1.54) is 26.2 Å². The molecule has 0 spiro atoms. The Hall–Kier alpha value is -5.72. The first-order valence-corrected chi connectivity index (χ1v) is 16.4. The van der Waals surface area contributed by atoms with Crippen molar-refractivity contribution in [2.75, 3.05) is 27.5 Å². The molecule has 3 aromatic carbocycles. The van der Waals surface area contributed by atoms with Crippen molar-refractivity contribution in [1.29, 1.82) is 5.26 Å². The average molecular weight is 696 g/mol. The van der Waals surface area contributed by atoms with Gasteiger partial charge in [-0.1, -0.05) is 6.07 Å². The van der Waals surface area contributed by atoms with Crippen molar-refractivity contribution >= 4 is 23.5 Å². The predicted molar refractivity (Wildman–Crippen MR) is 176 cm³/mol. The van der Waals surface area contributed by atoms with Crippen LogP contribution in [0, 0.1) is 35.3 Å². The second-order valence-electron chi connectivity index (χ2n) is 13.6. The second-order valence-corrected chi connectivity index (χ2v) is 13.6. The number of nitro benzene ring substituents is 1. The van der Waals surface area contributed by atoms with Crippen LogP contribution in [0.1, 0.15) is 73.1 Å². The fourth-order valence-corrected chi connectivity index (χ4v) is 9.02. The number of aromatic hydroxyl groups is 1. The number of benzene rings is 3. The maximum atomic E-state index is 14.0. The molecule has 1 saturated heterocycles. The highest BCUT2D eigenvalue weighted by atomic mass is 16.7. The third kappa shape index (κ3) is 4.46. The van der Waals surface area contributed by atoms with Gasteiger partial charge in [-0.15, -0.1) is 0 Å². The number of ether oxygens (including phenoxy) is 4. The van der Waals surface area contributed by atoms with Crippen molar-refractivity contribution in [2.45, 2.75) is 63.8 Å². The van der Waals surface area contributed by atoms with Crippen LogP contribution >= 0.6 is 0 Å². The minimum atomic E-state index is -0.888. The summed E-state index contributed by atoms with van der Waals surface area (Å²) in [6, 6.07) is 4.94. The molecular weight excluding hydrogens is 662 g/mol. The van der Waals surface area contributed by atoms with Gasteiger partial charge in [-0.25, -0.2) is 0 Å². The molecule has 0 aromatic heterocycles. The maximum Gasteiger partial charge on any atom is 0.308 e. The third-order valence-corrected chi connectivity index (χ3v) is 11.0. The largest absolute Gasteiger partial charge is 0.504 e. The van der Waals surface area contributed by atoms with E-state index in [1.54, 1.807) is 6.92 Å². The van der Waals surface area contributed by atoms with Crippen molar-refractivity contribution in [3.05, 3.63) is 78.9 Å². The summed E-state index contributed by atoms with van der Waals surface area (Å²) in [5, 5.41) is 34.2. The molecule has 5 aliphatic rings. The highest BCUT2D eigenvalue weighted by Gasteiger charge is 2.57. The van der Waals surface area contributed by atoms with Crippen LogP contribution in [0.25, 0.3) is 0 Å². The Labute approximate surface area is 291 Å². The Bertz CT molecular complexity index is 2160. The number of hydrogen-bond donors (Lipinski definition) is 1. The van der Waals surface area contributed by atoms with Gasteiger partial charge in [0.05, 0.1) is 41.3 Å². The number of carbonyl (C=O) groups excluding carboxylic acids is 3. The number of fused-ring (bicyclic) bond motifs is 10. The molecule has 3 unspecified atom stereocenters. The summed E-state index contributed by atoms with van der Waals surface area (Å²) >= 11 is 0. The van der Waals surface area contributed by atoms with E-state index in [9.17, 15) is 34.9 Å². The Morgan fingerprint density at radius 1 is 1.08 bits per heavy atom. The number of rotatable bonds is 5. The molecule has 15 nitrogen and oxygen atoms in total. The summed E-state index contributed by atoms with van der Waals surface area (Å²) in [6.45, 7) is 4.49. The number of nitrogens with zero attached hydrogens (tertiary/aromatic N) is 5. The number of methoxy groups -OCH3 is 1. The summed E-state index contributed by atoms with van der Waals surface area (Å²) in [5.74, 6) is -0.643. The van der Waals surface area contributed by atoms with Crippen molar-refractivity contribution in [3.63, 3.8) is 0 Å². The molecule has 0 radical (unpaired) electrons. The number of nitriles is 1. The number of aryl methyl sites for hydroxylation is 1. The molecule has 5 heterocycles. The van der Waals surface area contributed by atoms with Gasteiger partial charge in [0.2, 0.25) is 6.79 Å². The van der Waals surface area contributed by atoms with Crippen LogP contribution in [0.5, 0.6) is 28.7 Å². The number of esters is 1. The van der Waals surface area contributed by atoms with Crippen molar-refractivity contribution in [3.8, 4) is 34.8 Å². The quantitative estimate of drug-likeness (QED) is 0.134. The Balaban J connectivity index is 1.36. The lowest BCUT2D eigenvalue weighted by Crippen LogP contribution is -2.68. The summed E-state index contributed by atoms with van der Waals surface area (Å²) in [6.07, 6.45) is 0.651. The number of phenolic OH excluding ortho intramolecular Hbond substituents is 1. The Morgan fingerprint density at radius 3 is 2.49 bits per heavy atom. The van der Waals surface area contributed by atoms with Gasteiger partial charge in [0.15, 0.2) is 23.0 Å². The molecule has 3 aromatic rings. The number of imide groups is 1. The summed E-state index contributed by atoms with van der Waals surface area (Å²) in [7, 11) is 3.40. The zero-order valence-corrected chi connectivity index (χ0v) is 28.4. The molecule has 8 rings (SSSR count). The number of nitro groups is 1. The zero-order valence-electron chi connectivity index (χ0n) is 28.4. The fraction of sp³-hybridized carbons (Fsp3) is 0.389. The molecule has 5 atom stereocenters. The zero-order chi connectivity index (χ0) is 36.2. The molecular formula is C36H33N5O10. The first-order chi connectivity index (χ1) is 24.4. The van der Waals surface area contributed by atoms with Gasteiger partial charge in [0, 0.05) is 59.9 Å². The number of phenols is 1. The van der Waals surface area contributed by atoms with Crippen LogP contribution in [-0.2, 0) is 17.6 Å². The van der Waals surface area contributed by atoms with Gasteiger partial charge in [0.1, 0.15) is 11.8 Å². The molecule has 0 saturated carbocycles. The van der Waals surface area contributed by atoms with E-state index in [4.69, 9.17) is 18.9 Å².